The molecule has 204 valence electrons. The number of ether oxygens (including phenoxy) is 1. The number of rotatable bonds is 13. The number of carboxylic acid groups (broad SMARTS) is 4. The highest BCUT2D eigenvalue weighted by Gasteiger charge is 2.44. The van der Waals surface area contributed by atoms with Crippen LogP contribution in [0, 0.1) is 0 Å². The van der Waals surface area contributed by atoms with Gasteiger partial charge in [-0.25, -0.2) is 4.79 Å². The van der Waals surface area contributed by atoms with Gasteiger partial charge in [-0.2, -0.15) is 0 Å². The molecule has 7 N–H and O–H groups in total. The Hall–Kier alpha value is -3.95. The summed E-state index contributed by atoms with van der Waals surface area (Å²) in [6.45, 7) is -2.50. The number of nitrogens with one attached hydrogen (secondary N) is 1. The van der Waals surface area contributed by atoms with Gasteiger partial charge in [-0.15, -0.1) is 0 Å². The van der Waals surface area contributed by atoms with Crippen LogP contribution in [-0.4, -0.2) is 130 Å². The summed E-state index contributed by atoms with van der Waals surface area (Å²) in [5.41, 5.74) is 5.13. The van der Waals surface area contributed by atoms with Crippen LogP contribution in [0.1, 0.15) is 6.42 Å². The monoisotopic (exact) mass is 525 g/mol. The zero-order valence-electron chi connectivity index (χ0n) is 20.0. The van der Waals surface area contributed by atoms with E-state index >= 15 is 0 Å². The molecule has 1 aliphatic heterocycles. The van der Waals surface area contributed by atoms with Crippen LogP contribution in [0.2, 0.25) is 0 Å². The first kappa shape index (κ1) is 29.3. The second kappa shape index (κ2) is 13.4. The molecule has 1 heterocycles. The van der Waals surface area contributed by atoms with E-state index in [4.69, 9.17) is 10.5 Å². The Morgan fingerprint density at radius 3 is 1.78 bits per heavy atom. The summed E-state index contributed by atoms with van der Waals surface area (Å²) in [7, 11) is 0. The lowest BCUT2D eigenvalue weighted by Gasteiger charge is -2.45. The summed E-state index contributed by atoms with van der Waals surface area (Å²) in [5.74, 6) is -4.99. The highest BCUT2D eigenvalue weighted by molar-refractivity contribution is 5.84. The molecule has 2 rings (SSSR count). The standard InChI is InChI=1S/C22H31N5O10/c23-15-1-3-16(4-2-15)24-21(36)37-8-5-22(27(11-19(32)33)12-20(34)35)13-25(9-17(28)29)6-7-26(14-22)10-18(30)31/h1-4H,5-14,23H2,(H,24,36)(H,28,29)(H,30,31)(H,32,33)(H,34,35). The predicted molar refractivity (Wildman–Crippen MR) is 128 cm³/mol. The van der Waals surface area contributed by atoms with Crippen molar-refractivity contribution < 1.29 is 49.1 Å². The second-order valence-electron chi connectivity index (χ2n) is 8.71. The molecule has 0 atom stereocenters. The molecular formula is C22H31N5O10. The number of amides is 1. The number of carbonyl (C=O) groups is 5. The Morgan fingerprint density at radius 1 is 0.865 bits per heavy atom. The maximum absolute atomic E-state index is 12.3. The number of anilines is 2. The predicted octanol–water partition coefficient (Wildman–Crippen LogP) is -0.796. The number of carbonyl (C=O) groups excluding carboxylic acids is 1. The van der Waals surface area contributed by atoms with E-state index in [1.165, 1.54) is 9.80 Å². The number of hydrogen-bond donors (Lipinski definition) is 6. The fraction of sp³-hybridized carbons (Fsp3) is 0.500. The molecule has 1 amide bonds. The molecule has 1 aliphatic rings. The topological polar surface area (TPSA) is 223 Å². The minimum absolute atomic E-state index is 0.0983. The van der Waals surface area contributed by atoms with Gasteiger partial charge >= 0.3 is 30.0 Å². The van der Waals surface area contributed by atoms with Crippen LogP contribution in [0.25, 0.3) is 0 Å². The molecule has 0 spiro atoms. The summed E-state index contributed by atoms with van der Waals surface area (Å²) in [4.78, 5) is 62.6. The number of nitrogens with zero attached hydrogens (tertiary/aromatic N) is 3. The molecule has 1 fully saturated rings. The lowest BCUT2D eigenvalue weighted by atomic mass is 9.91. The summed E-state index contributed by atoms with van der Waals surface area (Å²) >= 11 is 0. The van der Waals surface area contributed by atoms with Gasteiger partial charge < -0.3 is 30.9 Å². The van der Waals surface area contributed by atoms with E-state index in [0.29, 0.717) is 11.4 Å². The third-order valence-electron chi connectivity index (χ3n) is 5.77. The van der Waals surface area contributed by atoms with E-state index < -0.39 is 61.7 Å². The van der Waals surface area contributed by atoms with Crippen LogP contribution in [-0.2, 0) is 23.9 Å². The van der Waals surface area contributed by atoms with Crippen LogP contribution in [0.4, 0.5) is 16.2 Å². The highest BCUT2D eigenvalue weighted by atomic mass is 16.5. The van der Waals surface area contributed by atoms with Crippen molar-refractivity contribution in [2.24, 2.45) is 0 Å². The average Bonchev–Trinajstić information content (AvgIpc) is 2.93. The molecule has 0 unspecified atom stereocenters. The summed E-state index contributed by atoms with van der Waals surface area (Å²) < 4.78 is 5.27. The molecule has 15 nitrogen and oxygen atoms in total. The van der Waals surface area contributed by atoms with Gasteiger partial charge in [-0.3, -0.25) is 39.2 Å². The zero-order chi connectivity index (χ0) is 27.6. The molecule has 0 bridgehead atoms. The van der Waals surface area contributed by atoms with Crippen molar-refractivity contribution in [3.63, 3.8) is 0 Å². The molecule has 0 saturated carbocycles. The molecule has 0 radical (unpaired) electrons. The Kier molecular flexibility index (Phi) is 10.6. The Balaban J connectivity index is 2.33. The normalized spacial score (nSPS) is 16.0. The van der Waals surface area contributed by atoms with Crippen molar-refractivity contribution in [1.82, 2.24) is 14.7 Å². The number of hydrogen-bond acceptors (Lipinski definition) is 10. The number of carboxylic acids is 4. The first-order valence-corrected chi connectivity index (χ1v) is 11.2. The SMILES string of the molecule is Nc1ccc(NC(=O)OCCC2(N(CC(=O)O)CC(=O)O)CN(CC(=O)O)CCN(CC(=O)O)C2)cc1. The quantitative estimate of drug-likeness (QED) is 0.174. The number of nitrogens with two attached hydrogens (primary N) is 1. The molecule has 15 heteroatoms. The van der Waals surface area contributed by atoms with Gasteiger partial charge in [0.25, 0.3) is 0 Å². The third-order valence-corrected chi connectivity index (χ3v) is 5.77. The van der Waals surface area contributed by atoms with Gasteiger partial charge in [-0.05, 0) is 24.3 Å². The third kappa shape index (κ3) is 9.91. The van der Waals surface area contributed by atoms with Crippen molar-refractivity contribution in [2.45, 2.75) is 12.0 Å². The van der Waals surface area contributed by atoms with Crippen LogP contribution in [0.3, 0.4) is 0 Å². The minimum Gasteiger partial charge on any atom is -0.480 e. The van der Waals surface area contributed by atoms with E-state index in [1.54, 1.807) is 24.3 Å². The van der Waals surface area contributed by atoms with Gasteiger partial charge in [0.2, 0.25) is 0 Å². The maximum Gasteiger partial charge on any atom is 0.411 e. The molecular weight excluding hydrogens is 494 g/mol. The van der Waals surface area contributed by atoms with Crippen LogP contribution in [0.5, 0.6) is 0 Å². The minimum atomic E-state index is -1.38. The lowest BCUT2D eigenvalue weighted by Crippen LogP contribution is -2.62. The van der Waals surface area contributed by atoms with Crippen LogP contribution < -0.4 is 11.1 Å². The molecule has 1 aromatic carbocycles. The van der Waals surface area contributed by atoms with E-state index in [2.05, 4.69) is 5.32 Å². The lowest BCUT2D eigenvalue weighted by molar-refractivity contribution is -0.148. The second-order valence-corrected chi connectivity index (χ2v) is 8.71. The van der Waals surface area contributed by atoms with E-state index in [9.17, 15) is 44.4 Å². The first-order chi connectivity index (χ1) is 17.4. The maximum atomic E-state index is 12.3. The van der Waals surface area contributed by atoms with Crippen LogP contribution >= 0.6 is 0 Å². The summed E-state index contributed by atoms with van der Waals surface area (Å²) in [6.07, 6.45) is -0.934. The smallest absolute Gasteiger partial charge is 0.411 e. The zero-order valence-corrected chi connectivity index (χ0v) is 20.0. The molecule has 37 heavy (non-hydrogen) atoms. The van der Waals surface area contributed by atoms with Crippen molar-refractivity contribution >= 4 is 41.3 Å². The van der Waals surface area contributed by atoms with E-state index in [0.717, 1.165) is 4.90 Å². The van der Waals surface area contributed by atoms with E-state index in [-0.39, 0.29) is 39.2 Å². The van der Waals surface area contributed by atoms with Gasteiger partial charge in [0.15, 0.2) is 0 Å². The summed E-state index contributed by atoms with van der Waals surface area (Å²) in [6, 6.07) is 6.25. The van der Waals surface area contributed by atoms with Crippen molar-refractivity contribution in [3.05, 3.63) is 24.3 Å². The Labute approximate surface area is 212 Å². The number of aliphatic carboxylic acids is 4. The molecule has 1 saturated heterocycles. The Morgan fingerprint density at radius 2 is 1.35 bits per heavy atom. The first-order valence-electron chi connectivity index (χ1n) is 11.2. The van der Waals surface area contributed by atoms with Gasteiger partial charge in [0.05, 0.1) is 38.3 Å². The van der Waals surface area contributed by atoms with Crippen molar-refractivity contribution in [2.75, 3.05) is 70.0 Å². The fourth-order valence-corrected chi connectivity index (χ4v) is 4.26. The highest BCUT2D eigenvalue weighted by Crippen LogP contribution is 2.26. The van der Waals surface area contributed by atoms with Crippen molar-refractivity contribution in [1.29, 1.82) is 0 Å². The Bertz CT molecular complexity index is 945. The molecule has 0 aromatic heterocycles. The number of nitrogen functional groups attached to an aromatic ring is 1. The van der Waals surface area contributed by atoms with Crippen molar-refractivity contribution in [3.8, 4) is 0 Å². The fourth-order valence-electron chi connectivity index (χ4n) is 4.26. The van der Waals surface area contributed by atoms with Gasteiger partial charge in [0, 0.05) is 44.0 Å². The van der Waals surface area contributed by atoms with Gasteiger partial charge in [0.1, 0.15) is 0 Å². The largest absolute Gasteiger partial charge is 0.480 e. The van der Waals surface area contributed by atoms with Gasteiger partial charge in [-0.1, -0.05) is 0 Å². The summed E-state index contributed by atoms with van der Waals surface area (Å²) in [5, 5.41) is 40.1. The molecule has 1 aromatic rings. The molecule has 0 aliphatic carbocycles. The average molecular weight is 526 g/mol. The number of benzene rings is 1. The van der Waals surface area contributed by atoms with Crippen LogP contribution in [0.15, 0.2) is 24.3 Å². The van der Waals surface area contributed by atoms with E-state index in [1.807, 2.05) is 0 Å².